The Morgan fingerprint density at radius 3 is 2.41 bits per heavy atom. The summed E-state index contributed by atoms with van der Waals surface area (Å²) in [5, 5.41) is 0. The average molecular weight is 625 g/mol. The van der Waals surface area contributed by atoms with E-state index in [1.807, 2.05) is 13.8 Å². The molecule has 2 heterocycles. The number of carbonyl (C=O) groups excluding carboxylic acids is 2. The molecule has 0 unspecified atom stereocenters. The second-order valence-corrected chi connectivity index (χ2v) is 10.9. The van der Waals surface area contributed by atoms with E-state index < -0.39 is 18.0 Å². The van der Waals surface area contributed by atoms with Crippen LogP contribution in [0.25, 0.3) is 6.08 Å². The van der Waals surface area contributed by atoms with Gasteiger partial charge >= 0.3 is 11.9 Å². The summed E-state index contributed by atoms with van der Waals surface area (Å²) in [5.41, 5.74) is 1.41. The number of hydrogen-bond donors (Lipinski definition) is 0. The Balaban J connectivity index is 1.91. The summed E-state index contributed by atoms with van der Waals surface area (Å²) in [5.74, 6) is 0.536. The van der Waals surface area contributed by atoms with Gasteiger partial charge in [0.05, 0.1) is 55.4 Å². The summed E-state index contributed by atoms with van der Waals surface area (Å²) in [6.45, 7) is 8.99. The van der Waals surface area contributed by atoms with E-state index in [1.165, 1.54) is 18.8 Å². The molecule has 1 atom stereocenters. The summed E-state index contributed by atoms with van der Waals surface area (Å²) in [6, 6.07) is 9.63. The minimum atomic E-state index is -0.848. The minimum absolute atomic E-state index is 0.0903. The van der Waals surface area contributed by atoms with E-state index in [-0.39, 0.29) is 42.8 Å². The van der Waals surface area contributed by atoms with Gasteiger partial charge in [-0.2, -0.15) is 0 Å². The number of methoxy groups -OCH3 is 2. The van der Waals surface area contributed by atoms with Crippen LogP contribution in [0.4, 0.5) is 0 Å². The van der Waals surface area contributed by atoms with Crippen LogP contribution < -0.4 is 33.8 Å². The lowest BCUT2D eigenvalue weighted by Gasteiger charge is -2.25. The largest absolute Gasteiger partial charge is 0.493 e. The monoisotopic (exact) mass is 624 g/mol. The predicted octanol–water partition coefficient (Wildman–Crippen LogP) is 3.54. The first-order valence-electron chi connectivity index (χ1n) is 14.1. The van der Waals surface area contributed by atoms with Crippen molar-refractivity contribution in [3.63, 3.8) is 0 Å². The third kappa shape index (κ3) is 6.80. The SMILES string of the molecule is CCOC(=O)COc1c(/C=c2/sc3n(c2=O)[C@H](c2ccc(OC(C)C)c(OC)c2)C(C(=O)OCC)=C(C)N=3)cccc1OC. The number of hydrogen-bond acceptors (Lipinski definition) is 11. The van der Waals surface area contributed by atoms with Gasteiger partial charge in [-0.1, -0.05) is 29.5 Å². The first kappa shape index (κ1) is 32.3. The Kier molecular flexibility index (Phi) is 10.5. The van der Waals surface area contributed by atoms with Gasteiger partial charge in [0, 0.05) is 5.56 Å². The molecule has 1 aliphatic heterocycles. The fourth-order valence-electron chi connectivity index (χ4n) is 4.75. The zero-order valence-corrected chi connectivity index (χ0v) is 26.6. The molecule has 0 saturated carbocycles. The zero-order valence-electron chi connectivity index (χ0n) is 25.8. The van der Waals surface area contributed by atoms with Crippen LogP contribution >= 0.6 is 11.3 Å². The number of fused-ring (bicyclic) bond motifs is 1. The van der Waals surface area contributed by atoms with E-state index in [1.54, 1.807) is 63.2 Å². The maximum absolute atomic E-state index is 14.1. The summed E-state index contributed by atoms with van der Waals surface area (Å²) in [6.07, 6.45) is 1.56. The standard InChI is InChI=1S/C32H36N2O9S/c1-8-40-26(35)17-42-29-21(11-10-12-23(29)38-6)16-25-30(36)34-28(20-13-14-22(43-18(3)4)24(15-20)39-7)27(31(37)41-9-2)19(5)33-32(34)44-25/h10-16,18,28H,8-9,17H2,1-7H3/b25-16+/t28-/m1/s1. The Morgan fingerprint density at radius 2 is 1.75 bits per heavy atom. The number of ether oxygens (including phenoxy) is 6. The highest BCUT2D eigenvalue weighted by Gasteiger charge is 2.34. The van der Waals surface area contributed by atoms with Crippen LogP contribution in [0.2, 0.25) is 0 Å². The van der Waals surface area contributed by atoms with Crippen molar-refractivity contribution in [1.82, 2.24) is 4.57 Å². The number of allylic oxidation sites excluding steroid dienone is 1. The Bertz CT molecular complexity index is 1750. The molecule has 1 aromatic heterocycles. The predicted molar refractivity (Wildman–Crippen MR) is 164 cm³/mol. The van der Waals surface area contributed by atoms with Crippen LogP contribution in [-0.4, -0.2) is 56.6 Å². The van der Waals surface area contributed by atoms with E-state index in [9.17, 15) is 14.4 Å². The van der Waals surface area contributed by atoms with E-state index in [0.717, 1.165) is 11.3 Å². The summed E-state index contributed by atoms with van der Waals surface area (Å²) < 4.78 is 34.9. The van der Waals surface area contributed by atoms with Crippen molar-refractivity contribution in [2.45, 2.75) is 46.8 Å². The highest BCUT2D eigenvalue weighted by atomic mass is 32.1. The number of aromatic nitrogens is 1. The second kappa shape index (κ2) is 14.3. The summed E-state index contributed by atoms with van der Waals surface area (Å²) >= 11 is 1.16. The van der Waals surface area contributed by atoms with Gasteiger partial charge in [-0.05, 0) is 64.5 Å². The molecule has 0 spiro atoms. The van der Waals surface area contributed by atoms with Crippen LogP contribution in [0.5, 0.6) is 23.0 Å². The van der Waals surface area contributed by atoms with Crippen molar-refractivity contribution in [3.05, 3.63) is 78.5 Å². The van der Waals surface area contributed by atoms with Crippen LogP contribution in [-0.2, 0) is 19.1 Å². The van der Waals surface area contributed by atoms with Gasteiger partial charge in [0.25, 0.3) is 5.56 Å². The summed E-state index contributed by atoms with van der Waals surface area (Å²) in [7, 11) is 3.01. The lowest BCUT2D eigenvalue weighted by molar-refractivity contribution is -0.145. The molecule has 1 aliphatic rings. The van der Waals surface area contributed by atoms with Crippen molar-refractivity contribution in [3.8, 4) is 23.0 Å². The molecule has 234 valence electrons. The third-order valence-electron chi connectivity index (χ3n) is 6.54. The zero-order chi connectivity index (χ0) is 32.0. The average Bonchev–Trinajstić information content (AvgIpc) is 3.29. The van der Waals surface area contributed by atoms with Gasteiger partial charge in [0.1, 0.15) is 0 Å². The Labute approximate surface area is 258 Å². The molecule has 44 heavy (non-hydrogen) atoms. The van der Waals surface area contributed by atoms with E-state index in [4.69, 9.17) is 28.4 Å². The van der Waals surface area contributed by atoms with Crippen LogP contribution in [0, 0.1) is 0 Å². The van der Waals surface area contributed by atoms with Crippen molar-refractivity contribution in [1.29, 1.82) is 0 Å². The van der Waals surface area contributed by atoms with Crippen LogP contribution in [0.15, 0.2) is 57.5 Å². The maximum Gasteiger partial charge on any atom is 0.344 e. The lowest BCUT2D eigenvalue weighted by atomic mass is 9.95. The molecular weight excluding hydrogens is 588 g/mol. The molecule has 2 aromatic carbocycles. The highest BCUT2D eigenvalue weighted by molar-refractivity contribution is 7.07. The molecule has 0 fully saturated rings. The lowest BCUT2D eigenvalue weighted by Crippen LogP contribution is -2.40. The number of benzene rings is 2. The number of esters is 2. The van der Waals surface area contributed by atoms with Crippen molar-refractivity contribution < 1.29 is 38.0 Å². The van der Waals surface area contributed by atoms with Crippen LogP contribution in [0.1, 0.15) is 51.8 Å². The molecule has 0 radical (unpaired) electrons. The van der Waals surface area contributed by atoms with E-state index >= 15 is 0 Å². The normalized spacial score (nSPS) is 14.5. The van der Waals surface area contributed by atoms with Crippen molar-refractivity contribution in [2.24, 2.45) is 4.99 Å². The molecule has 0 amide bonds. The van der Waals surface area contributed by atoms with Crippen molar-refractivity contribution >= 4 is 29.4 Å². The molecule has 3 aromatic rings. The topological polar surface area (TPSA) is 124 Å². The van der Waals surface area contributed by atoms with Crippen molar-refractivity contribution in [2.75, 3.05) is 34.0 Å². The van der Waals surface area contributed by atoms with Gasteiger partial charge in [0.2, 0.25) is 0 Å². The molecule has 0 N–H and O–H groups in total. The molecular formula is C32H36N2O9S. The smallest absolute Gasteiger partial charge is 0.344 e. The van der Waals surface area contributed by atoms with Gasteiger partial charge in [-0.3, -0.25) is 9.36 Å². The molecule has 12 heteroatoms. The minimum Gasteiger partial charge on any atom is -0.493 e. The van der Waals surface area contributed by atoms with Gasteiger partial charge < -0.3 is 28.4 Å². The molecule has 0 saturated heterocycles. The van der Waals surface area contributed by atoms with Gasteiger partial charge in [0.15, 0.2) is 34.4 Å². The number of para-hydroxylation sites is 1. The van der Waals surface area contributed by atoms with Gasteiger partial charge in [-0.15, -0.1) is 0 Å². The van der Waals surface area contributed by atoms with E-state index in [2.05, 4.69) is 4.99 Å². The number of carbonyl (C=O) groups is 2. The molecule has 0 bridgehead atoms. The fourth-order valence-corrected chi connectivity index (χ4v) is 5.79. The quantitative estimate of drug-likeness (QED) is 0.278. The third-order valence-corrected chi connectivity index (χ3v) is 7.52. The van der Waals surface area contributed by atoms with Gasteiger partial charge in [-0.25, -0.2) is 14.6 Å². The molecule has 11 nitrogen and oxygen atoms in total. The molecule has 0 aliphatic carbocycles. The Hall–Kier alpha value is -4.58. The van der Waals surface area contributed by atoms with E-state index in [0.29, 0.717) is 43.4 Å². The molecule has 4 rings (SSSR count). The first-order valence-corrected chi connectivity index (χ1v) is 14.9. The highest BCUT2D eigenvalue weighted by Crippen LogP contribution is 2.37. The number of nitrogens with zero attached hydrogens (tertiary/aromatic N) is 2. The number of thiazole rings is 1. The summed E-state index contributed by atoms with van der Waals surface area (Å²) in [4.78, 5) is 44.4. The second-order valence-electron chi connectivity index (χ2n) is 9.85. The Morgan fingerprint density at radius 1 is 1.02 bits per heavy atom. The van der Waals surface area contributed by atoms with Crippen LogP contribution in [0.3, 0.4) is 0 Å². The fraction of sp³-hybridized carbons (Fsp3) is 0.375. The first-order chi connectivity index (χ1) is 21.1. The number of rotatable bonds is 12. The maximum atomic E-state index is 14.1.